The predicted octanol–water partition coefficient (Wildman–Crippen LogP) is 3.90. The molecule has 0 amide bonds. The summed E-state index contributed by atoms with van der Waals surface area (Å²) in [4.78, 5) is 4.32. The molecule has 0 saturated heterocycles. The van der Waals surface area contributed by atoms with Crippen molar-refractivity contribution in [1.82, 2.24) is 9.55 Å². The molecule has 3 nitrogen and oxygen atoms in total. The fraction of sp³-hybridized carbons (Fsp3) is 0.533. The van der Waals surface area contributed by atoms with Crippen LogP contribution in [-0.2, 0) is 0 Å². The maximum absolute atomic E-state index is 13.3. The Morgan fingerprint density at radius 1 is 1.37 bits per heavy atom. The third-order valence-corrected chi connectivity index (χ3v) is 4.40. The molecule has 1 aliphatic rings. The molecule has 1 heterocycles. The molecule has 0 radical (unpaired) electrons. The van der Waals surface area contributed by atoms with Gasteiger partial charge in [-0.1, -0.05) is 26.2 Å². The fourth-order valence-electron chi connectivity index (χ4n) is 3.44. The van der Waals surface area contributed by atoms with Gasteiger partial charge in [0.25, 0.3) is 0 Å². The average Bonchev–Trinajstić information content (AvgIpc) is 2.73. The molecular formula is C15H20FN3. The highest BCUT2D eigenvalue weighted by Crippen LogP contribution is 2.39. The summed E-state index contributed by atoms with van der Waals surface area (Å²) in [5.74, 6) is 0.914. The second-order valence-corrected chi connectivity index (χ2v) is 5.49. The van der Waals surface area contributed by atoms with Crippen molar-refractivity contribution in [2.24, 2.45) is 5.92 Å². The first kappa shape index (κ1) is 12.5. The van der Waals surface area contributed by atoms with E-state index in [1.54, 1.807) is 6.07 Å². The minimum atomic E-state index is -0.257. The van der Waals surface area contributed by atoms with Crippen molar-refractivity contribution in [3.63, 3.8) is 0 Å². The van der Waals surface area contributed by atoms with Crippen molar-refractivity contribution < 1.29 is 4.39 Å². The van der Waals surface area contributed by atoms with Gasteiger partial charge in [0.05, 0.1) is 11.0 Å². The first-order valence-corrected chi connectivity index (χ1v) is 7.13. The highest BCUT2D eigenvalue weighted by molar-refractivity contribution is 5.78. The van der Waals surface area contributed by atoms with E-state index in [0.29, 0.717) is 23.4 Å². The van der Waals surface area contributed by atoms with Crippen LogP contribution in [0.2, 0.25) is 0 Å². The van der Waals surface area contributed by atoms with Crippen LogP contribution in [0.5, 0.6) is 0 Å². The molecule has 1 aromatic carbocycles. The summed E-state index contributed by atoms with van der Waals surface area (Å²) < 4.78 is 15.4. The zero-order chi connectivity index (χ0) is 13.4. The van der Waals surface area contributed by atoms with Crippen LogP contribution < -0.4 is 5.73 Å². The van der Waals surface area contributed by atoms with Gasteiger partial charge in [-0.05, 0) is 30.9 Å². The van der Waals surface area contributed by atoms with Crippen molar-refractivity contribution in [3.05, 3.63) is 24.0 Å². The lowest BCUT2D eigenvalue weighted by Crippen LogP contribution is -2.23. The maximum Gasteiger partial charge on any atom is 0.201 e. The Balaban J connectivity index is 2.10. The number of hydrogen-bond acceptors (Lipinski definition) is 2. The Morgan fingerprint density at radius 2 is 2.16 bits per heavy atom. The van der Waals surface area contributed by atoms with Crippen molar-refractivity contribution in [2.45, 2.75) is 45.1 Å². The Bertz CT molecular complexity index is 590. The van der Waals surface area contributed by atoms with Crippen LogP contribution in [0.3, 0.4) is 0 Å². The van der Waals surface area contributed by atoms with Crippen molar-refractivity contribution in [1.29, 1.82) is 0 Å². The number of nitrogen functional groups attached to an aromatic ring is 1. The molecule has 2 unspecified atom stereocenters. The minimum Gasteiger partial charge on any atom is -0.369 e. The number of hydrogen-bond donors (Lipinski definition) is 1. The predicted molar refractivity (Wildman–Crippen MR) is 75.4 cm³/mol. The Hall–Kier alpha value is -1.58. The lowest BCUT2D eigenvalue weighted by atomic mass is 9.82. The Morgan fingerprint density at radius 3 is 2.95 bits per heavy atom. The quantitative estimate of drug-likeness (QED) is 0.891. The standard InChI is InChI=1S/C15H20FN3/c1-2-10-5-3-4-6-13(10)19-14-8-7-11(16)9-12(14)18-15(19)17/h7-10,13H,2-6H2,1H3,(H2,17,18). The molecule has 19 heavy (non-hydrogen) atoms. The summed E-state index contributed by atoms with van der Waals surface area (Å²) in [5, 5.41) is 0. The number of halogens is 1. The lowest BCUT2D eigenvalue weighted by molar-refractivity contribution is 0.239. The molecule has 0 aliphatic heterocycles. The second kappa shape index (κ2) is 4.83. The number of benzene rings is 1. The molecule has 1 aromatic heterocycles. The minimum absolute atomic E-state index is 0.257. The number of fused-ring (bicyclic) bond motifs is 1. The summed E-state index contributed by atoms with van der Waals surface area (Å²) in [6, 6.07) is 5.17. The fourth-order valence-corrected chi connectivity index (χ4v) is 3.44. The van der Waals surface area contributed by atoms with Crippen LogP contribution in [0.1, 0.15) is 45.1 Å². The topological polar surface area (TPSA) is 43.8 Å². The molecule has 2 atom stereocenters. The first-order chi connectivity index (χ1) is 9.20. The molecule has 0 spiro atoms. The van der Waals surface area contributed by atoms with E-state index in [4.69, 9.17) is 5.73 Å². The zero-order valence-electron chi connectivity index (χ0n) is 11.3. The van der Waals surface area contributed by atoms with Gasteiger partial charge >= 0.3 is 0 Å². The lowest BCUT2D eigenvalue weighted by Gasteiger charge is -2.32. The van der Waals surface area contributed by atoms with Crippen LogP contribution in [-0.4, -0.2) is 9.55 Å². The molecule has 3 rings (SSSR count). The van der Waals surface area contributed by atoms with Crippen LogP contribution in [0.25, 0.3) is 11.0 Å². The van der Waals surface area contributed by atoms with Gasteiger partial charge in [-0.15, -0.1) is 0 Å². The number of imidazole rings is 1. The van der Waals surface area contributed by atoms with Gasteiger partial charge in [-0.2, -0.15) is 0 Å². The number of nitrogens with two attached hydrogens (primary N) is 1. The maximum atomic E-state index is 13.3. The summed E-state index contributed by atoms with van der Waals surface area (Å²) in [7, 11) is 0. The normalized spacial score (nSPS) is 23.9. The number of rotatable bonds is 2. The van der Waals surface area contributed by atoms with Crippen molar-refractivity contribution in [3.8, 4) is 0 Å². The smallest absolute Gasteiger partial charge is 0.201 e. The van der Waals surface area contributed by atoms with E-state index in [9.17, 15) is 4.39 Å². The Kier molecular flexibility index (Phi) is 3.17. The Labute approximate surface area is 112 Å². The van der Waals surface area contributed by atoms with E-state index in [1.165, 1.54) is 31.4 Å². The van der Waals surface area contributed by atoms with Gasteiger partial charge in [0.1, 0.15) is 5.82 Å². The van der Waals surface area contributed by atoms with E-state index in [0.717, 1.165) is 18.4 Å². The SMILES string of the molecule is CCC1CCCCC1n1c(N)nc2cc(F)ccc21. The van der Waals surface area contributed by atoms with Gasteiger partial charge in [-0.25, -0.2) is 9.37 Å². The summed E-state index contributed by atoms with van der Waals surface area (Å²) >= 11 is 0. The van der Waals surface area contributed by atoms with Crippen molar-refractivity contribution >= 4 is 17.0 Å². The number of nitrogens with zero attached hydrogens (tertiary/aromatic N) is 2. The van der Waals surface area contributed by atoms with Gasteiger partial charge in [0, 0.05) is 12.1 Å². The molecule has 0 bridgehead atoms. The third kappa shape index (κ3) is 2.09. The van der Waals surface area contributed by atoms with Crippen LogP contribution in [0.15, 0.2) is 18.2 Å². The molecule has 1 saturated carbocycles. The van der Waals surface area contributed by atoms with E-state index in [1.807, 2.05) is 0 Å². The molecule has 2 N–H and O–H groups in total. The van der Waals surface area contributed by atoms with E-state index >= 15 is 0 Å². The molecule has 102 valence electrons. The molecule has 4 heteroatoms. The average molecular weight is 261 g/mol. The van der Waals surface area contributed by atoms with Crippen LogP contribution in [0, 0.1) is 11.7 Å². The van der Waals surface area contributed by atoms with Gasteiger partial charge in [0.15, 0.2) is 0 Å². The van der Waals surface area contributed by atoms with Crippen molar-refractivity contribution in [2.75, 3.05) is 5.73 Å². The highest BCUT2D eigenvalue weighted by Gasteiger charge is 2.27. The second-order valence-electron chi connectivity index (χ2n) is 5.49. The number of anilines is 1. The van der Waals surface area contributed by atoms with Gasteiger partial charge in [0.2, 0.25) is 5.95 Å². The van der Waals surface area contributed by atoms with E-state index in [2.05, 4.69) is 16.5 Å². The molecule has 1 aliphatic carbocycles. The molecular weight excluding hydrogens is 241 g/mol. The zero-order valence-corrected chi connectivity index (χ0v) is 11.3. The third-order valence-electron chi connectivity index (χ3n) is 4.40. The largest absolute Gasteiger partial charge is 0.369 e. The summed E-state index contributed by atoms with van der Waals surface area (Å²) in [5.41, 5.74) is 7.71. The van der Waals surface area contributed by atoms with Gasteiger partial charge in [-0.3, -0.25) is 0 Å². The molecule has 2 aromatic rings. The number of aromatic nitrogens is 2. The van der Waals surface area contributed by atoms with Gasteiger partial charge < -0.3 is 10.3 Å². The van der Waals surface area contributed by atoms with Crippen LogP contribution in [0.4, 0.5) is 10.3 Å². The molecule has 1 fully saturated rings. The van der Waals surface area contributed by atoms with E-state index in [-0.39, 0.29) is 5.82 Å². The highest BCUT2D eigenvalue weighted by atomic mass is 19.1. The summed E-state index contributed by atoms with van der Waals surface area (Å²) in [6.45, 7) is 2.23. The monoisotopic (exact) mass is 261 g/mol. The summed E-state index contributed by atoms with van der Waals surface area (Å²) in [6.07, 6.45) is 6.09. The first-order valence-electron chi connectivity index (χ1n) is 7.13. The van der Waals surface area contributed by atoms with Crippen LogP contribution >= 0.6 is 0 Å². The van der Waals surface area contributed by atoms with E-state index < -0.39 is 0 Å².